The molecule has 124 valence electrons. The lowest BCUT2D eigenvalue weighted by molar-refractivity contribution is 0.101. The Bertz CT molecular complexity index is 1200. The molecule has 1 N–H and O–H groups in total. The number of amides is 1. The van der Waals surface area contributed by atoms with Gasteiger partial charge in [-0.1, -0.05) is 18.2 Å². The van der Waals surface area contributed by atoms with Crippen molar-refractivity contribution >= 4 is 38.2 Å². The number of halogens is 1. The molecule has 0 saturated heterocycles. The molecule has 0 aliphatic carbocycles. The van der Waals surface area contributed by atoms with Crippen LogP contribution in [0.25, 0.3) is 21.0 Å². The van der Waals surface area contributed by atoms with E-state index in [9.17, 15) is 14.0 Å². The second kappa shape index (κ2) is 5.78. The summed E-state index contributed by atoms with van der Waals surface area (Å²) >= 11 is 1.19. The maximum absolute atomic E-state index is 14.0. The van der Waals surface area contributed by atoms with Crippen molar-refractivity contribution in [1.29, 1.82) is 0 Å². The van der Waals surface area contributed by atoms with E-state index in [2.05, 4.69) is 10.4 Å². The van der Waals surface area contributed by atoms with Crippen LogP contribution in [0.15, 0.2) is 53.6 Å². The number of fused-ring (bicyclic) bond motifs is 2. The first-order valence-corrected chi connectivity index (χ1v) is 8.33. The summed E-state index contributed by atoms with van der Waals surface area (Å²) in [7, 11) is 0. The van der Waals surface area contributed by atoms with Gasteiger partial charge in [-0.2, -0.15) is 0 Å². The van der Waals surface area contributed by atoms with Crippen LogP contribution in [0.5, 0.6) is 0 Å². The number of para-hydroxylation sites is 1. The summed E-state index contributed by atoms with van der Waals surface area (Å²) < 4.78 is 15.7. The van der Waals surface area contributed by atoms with Crippen molar-refractivity contribution in [1.82, 2.24) is 9.66 Å². The number of aryl methyl sites for hydroxylation is 1. The molecule has 2 heterocycles. The van der Waals surface area contributed by atoms with Gasteiger partial charge in [-0.05, 0) is 36.8 Å². The molecule has 0 unspecified atom stereocenters. The van der Waals surface area contributed by atoms with Crippen LogP contribution in [0, 0.1) is 12.7 Å². The Morgan fingerprint density at radius 1 is 1.20 bits per heavy atom. The molecule has 0 radical (unpaired) electrons. The topological polar surface area (TPSA) is 64.0 Å². The number of carbonyl (C=O) groups is 1. The highest BCUT2D eigenvalue weighted by Gasteiger charge is 2.18. The zero-order valence-corrected chi connectivity index (χ0v) is 13.9. The van der Waals surface area contributed by atoms with Crippen molar-refractivity contribution < 1.29 is 9.18 Å². The first-order valence-electron chi connectivity index (χ1n) is 7.51. The average Bonchev–Trinajstić information content (AvgIpc) is 2.96. The molecule has 4 aromatic rings. The summed E-state index contributed by atoms with van der Waals surface area (Å²) in [5.41, 5.74) is 3.27. The highest BCUT2D eigenvalue weighted by Crippen LogP contribution is 2.32. The van der Waals surface area contributed by atoms with Crippen molar-refractivity contribution in [3.05, 3.63) is 75.4 Å². The van der Waals surface area contributed by atoms with Crippen LogP contribution in [0.1, 0.15) is 15.2 Å². The van der Waals surface area contributed by atoms with E-state index in [1.165, 1.54) is 23.7 Å². The van der Waals surface area contributed by atoms with E-state index in [0.717, 1.165) is 4.68 Å². The fourth-order valence-electron chi connectivity index (χ4n) is 2.78. The second-order valence-electron chi connectivity index (χ2n) is 5.55. The Balaban J connectivity index is 1.76. The van der Waals surface area contributed by atoms with E-state index >= 15 is 0 Å². The average molecular weight is 353 g/mol. The summed E-state index contributed by atoms with van der Waals surface area (Å²) in [5, 5.41) is 0.839. The molecule has 4 rings (SSSR count). The molecule has 1 amide bonds. The third-order valence-corrected chi connectivity index (χ3v) is 5.25. The molecule has 2 aromatic carbocycles. The number of rotatable bonds is 2. The van der Waals surface area contributed by atoms with Crippen LogP contribution in [-0.4, -0.2) is 15.6 Å². The molecule has 0 saturated carbocycles. The molecule has 0 aliphatic heterocycles. The lowest BCUT2D eigenvalue weighted by atomic mass is 10.1. The smallest absolute Gasteiger partial charge is 0.267 e. The molecule has 7 heteroatoms. The van der Waals surface area contributed by atoms with Crippen LogP contribution in [0.3, 0.4) is 0 Å². The summed E-state index contributed by atoms with van der Waals surface area (Å²) in [4.78, 5) is 29.6. The fraction of sp³-hybridized carbons (Fsp3) is 0.0556. The van der Waals surface area contributed by atoms with Gasteiger partial charge in [-0.3, -0.25) is 15.0 Å². The van der Waals surface area contributed by atoms with Crippen molar-refractivity contribution in [3.8, 4) is 0 Å². The number of hydrogen-bond acceptors (Lipinski definition) is 4. The Morgan fingerprint density at radius 3 is 2.80 bits per heavy atom. The molecule has 0 fully saturated rings. The number of benzene rings is 2. The van der Waals surface area contributed by atoms with Gasteiger partial charge in [0.25, 0.3) is 11.5 Å². The van der Waals surface area contributed by atoms with E-state index in [0.29, 0.717) is 31.4 Å². The lowest BCUT2D eigenvalue weighted by Gasteiger charge is -2.08. The van der Waals surface area contributed by atoms with Crippen LogP contribution in [-0.2, 0) is 0 Å². The lowest BCUT2D eigenvalue weighted by Crippen LogP contribution is -2.33. The Hall–Kier alpha value is -3.06. The Labute approximate surface area is 145 Å². The maximum Gasteiger partial charge on any atom is 0.280 e. The monoisotopic (exact) mass is 353 g/mol. The summed E-state index contributed by atoms with van der Waals surface area (Å²) in [6, 6.07) is 11.6. The highest BCUT2D eigenvalue weighted by atomic mass is 32.1. The van der Waals surface area contributed by atoms with E-state index in [1.807, 2.05) is 0 Å². The molecule has 0 spiro atoms. The SMILES string of the molecule is Cc1c(C(=O)Nn2cnc3ccccc3c2=O)sc2cccc(F)c12. The third-order valence-electron chi connectivity index (χ3n) is 4.00. The van der Waals surface area contributed by atoms with E-state index < -0.39 is 5.91 Å². The quantitative estimate of drug-likeness (QED) is 0.600. The van der Waals surface area contributed by atoms with E-state index in [-0.39, 0.29) is 11.4 Å². The van der Waals surface area contributed by atoms with Gasteiger partial charge in [0, 0.05) is 10.1 Å². The Morgan fingerprint density at radius 2 is 2.00 bits per heavy atom. The summed E-state index contributed by atoms with van der Waals surface area (Å²) in [6.45, 7) is 1.69. The minimum atomic E-state index is -0.475. The van der Waals surface area contributed by atoms with Crippen molar-refractivity contribution in [2.75, 3.05) is 5.43 Å². The number of thiophene rings is 1. The van der Waals surface area contributed by atoms with Crippen molar-refractivity contribution in [2.45, 2.75) is 6.92 Å². The highest BCUT2D eigenvalue weighted by molar-refractivity contribution is 7.21. The maximum atomic E-state index is 14.0. The molecular weight excluding hydrogens is 341 g/mol. The number of carbonyl (C=O) groups excluding carboxylic acids is 1. The van der Waals surface area contributed by atoms with Gasteiger partial charge in [-0.15, -0.1) is 11.3 Å². The number of nitrogens with one attached hydrogen (secondary N) is 1. The van der Waals surface area contributed by atoms with Crippen LogP contribution in [0.4, 0.5) is 4.39 Å². The minimum absolute atomic E-state index is 0.361. The summed E-state index contributed by atoms with van der Waals surface area (Å²) in [6.07, 6.45) is 1.27. The standard InChI is InChI=1S/C18H12FN3O2S/c1-10-15-12(19)6-4-8-14(15)25-16(10)17(23)21-22-9-20-13-7-3-2-5-11(13)18(22)24/h2-9H,1H3,(H,21,23). The van der Waals surface area contributed by atoms with Crippen LogP contribution >= 0.6 is 11.3 Å². The molecule has 0 aliphatic rings. The number of hydrogen-bond donors (Lipinski definition) is 1. The predicted octanol–water partition coefficient (Wildman–Crippen LogP) is 3.44. The third kappa shape index (κ3) is 2.49. The summed E-state index contributed by atoms with van der Waals surface area (Å²) in [5.74, 6) is -0.841. The molecular formula is C18H12FN3O2S. The normalized spacial score (nSPS) is 11.1. The van der Waals surface area contributed by atoms with Gasteiger partial charge in [0.2, 0.25) is 0 Å². The van der Waals surface area contributed by atoms with Gasteiger partial charge in [0.05, 0.1) is 15.8 Å². The van der Waals surface area contributed by atoms with Gasteiger partial charge >= 0.3 is 0 Å². The fourth-order valence-corrected chi connectivity index (χ4v) is 3.89. The van der Waals surface area contributed by atoms with E-state index in [1.54, 1.807) is 43.3 Å². The van der Waals surface area contributed by atoms with Gasteiger partial charge in [0.1, 0.15) is 12.1 Å². The minimum Gasteiger partial charge on any atom is -0.267 e. The Kier molecular flexibility index (Phi) is 3.58. The number of aromatic nitrogens is 2. The van der Waals surface area contributed by atoms with Gasteiger partial charge < -0.3 is 0 Å². The van der Waals surface area contributed by atoms with E-state index in [4.69, 9.17) is 0 Å². The largest absolute Gasteiger partial charge is 0.280 e. The first kappa shape index (κ1) is 15.5. The first-order chi connectivity index (χ1) is 12.1. The molecule has 0 atom stereocenters. The van der Waals surface area contributed by atoms with Gasteiger partial charge in [-0.25, -0.2) is 14.1 Å². The predicted molar refractivity (Wildman–Crippen MR) is 96.2 cm³/mol. The van der Waals surface area contributed by atoms with Crippen LogP contribution in [0.2, 0.25) is 0 Å². The zero-order valence-electron chi connectivity index (χ0n) is 13.1. The van der Waals surface area contributed by atoms with Crippen molar-refractivity contribution in [2.24, 2.45) is 0 Å². The molecule has 25 heavy (non-hydrogen) atoms. The molecule has 0 bridgehead atoms. The second-order valence-corrected chi connectivity index (χ2v) is 6.60. The molecule has 5 nitrogen and oxygen atoms in total. The van der Waals surface area contributed by atoms with Crippen molar-refractivity contribution in [3.63, 3.8) is 0 Å². The van der Waals surface area contributed by atoms with Crippen LogP contribution < -0.4 is 11.0 Å². The number of nitrogens with zero attached hydrogens (tertiary/aromatic N) is 2. The van der Waals surface area contributed by atoms with Gasteiger partial charge in [0.15, 0.2) is 0 Å². The molecule has 2 aromatic heterocycles. The zero-order chi connectivity index (χ0) is 17.6.